The van der Waals surface area contributed by atoms with Gasteiger partial charge in [-0.25, -0.2) is 0 Å². The third-order valence-corrected chi connectivity index (χ3v) is 3.81. The lowest BCUT2D eigenvalue weighted by Crippen LogP contribution is -2.59. The van der Waals surface area contributed by atoms with Crippen molar-refractivity contribution in [2.45, 2.75) is 32.3 Å². The quantitative estimate of drug-likeness (QED) is 0.823. The Bertz CT molecular complexity index is 580. The molecule has 1 unspecified atom stereocenters. The molecule has 1 fully saturated rings. The number of carbonyl (C=O) groups excluding carboxylic acids is 2. The molecule has 1 aliphatic carbocycles. The van der Waals surface area contributed by atoms with Gasteiger partial charge in [-0.3, -0.25) is 9.59 Å². The van der Waals surface area contributed by atoms with Gasteiger partial charge in [0.05, 0.1) is 5.69 Å². The fraction of sp³-hybridized carbons (Fsp3) is 0.467. The van der Waals surface area contributed by atoms with E-state index < -0.39 is 11.5 Å². The van der Waals surface area contributed by atoms with Gasteiger partial charge >= 0.3 is 0 Å². The molecule has 2 aliphatic rings. The van der Waals surface area contributed by atoms with Gasteiger partial charge in [-0.05, 0) is 50.3 Å². The number of rotatable bonds is 3. The van der Waals surface area contributed by atoms with Crippen molar-refractivity contribution in [1.82, 2.24) is 5.32 Å². The van der Waals surface area contributed by atoms with Crippen LogP contribution in [0.5, 0.6) is 5.75 Å². The van der Waals surface area contributed by atoms with E-state index in [-0.39, 0.29) is 5.91 Å². The minimum absolute atomic E-state index is 0.381. The van der Waals surface area contributed by atoms with Crippen molar-refractivity contribution in [3.05, 3.63) is 23.8 Å². The van der Waals surface area contributed by atoms with Gasteiger partial charge in [-0.15, -0.1) is 0 Å². The molecule has 2 N–H and O–H groups in total. The number of benzene rings is 1. The largest absolute Gasteiger partial charge is 0.466 e. The molecule has 0 aromatic heterocycles. The van der Waals surface area contributed by atoms with Crippen molar-refractivity contribution in [3.63, 3.8) is 0 Å². The van der Waals surface area contributed by atoms with E-state index in [9.17, 15) is 9.59 Å². The van der Waals surface area contributed by atoms with E-state index in [1.54, 1.807) is 6.07 Å². The zero-order valence-corrected chi connectivity index (χ0v) is 11.7. The molecule has 0 radical (unpaired) electrons. The van der Waals surface area contributed by atoms with Gasteiger partial charge in [0.1, 0.15) is 5.75 Å². The topological polar surface area (TPSA) is 67.4 Å². The molecule has 1 heterocycles. The van der Waals surface area contributed by atoms with Gasteiger partial charge in [-0.1, -0.05) is 6.07 Å². The second-order valence-electron chi connectivity index (χ2n) is 5.74. The van der Waals surface area contributed by atoms with Gasteiger partial charge in [0.2, 0.25) is 0 Å². The van der Waals surface area contributed by atoms with E-state index in [1.807, 2.05) is 19.1 Å². The first-order valence-corrected chi connectivity index (χ1v) is 6.88. The number of fused-ring (bicyclic) bond motifs is 1. The third-order valence-electron chi connectivity index (χ3n) is 3.81. The number of aryl methyl sites for hydroxylation is 1. The molecule has 1 aliphatic heterocycles. The van der Waals surface area contributed by atoms with Crippen LogP contribution in [0.3, 0.4) is 0 Å². The fourth-order valence-corrected chi connectivity index (χ4v) is 2.22. The van der Waals surface area contributed by atoms with E-state index in [1.165, 1.54) is 6.92 Å². The highest BCUT2D eigenvalue weighted by Crippen LogP contribution is 2.34. The summed E-state index contributed by atoms with van der Waals surface area (Å²) < 4.78 is 5.68. The molecular formula is C15H18N2O3. The normalized spacial score (nSPS) is 24.4. The molecule has 1 aromatic rings. The Morgan fingerprint density at radius 2 is 2.25 bits per heavy atom. The van der Waals surface area contributed by atoms with Gasteiger partial charge in [0.15, 0.2) is 0 Å². The summed E-state index contributed by atoms with van der Waals surface area (Å²) in [5.74, 6) is 0.278. The van der Waals surface area contributed by atoms with Crippen LogP contribution in [-0.2, 0) is 9.59 Å². The molecule has 5 heteroatoms. The van der Waals surface area contributed by atoms with Crippen molar-refractivity contribution in [3.8, 4) is 5.75 Å². The second-order valence-corrected chi connectivity index (χ2v) is 5.74. The first-order chi connectivity index (χ1) is 9.49. The number of anilines is 1. The van der Waals surface area contributed by atoms with Crippen molar-refractivity contribution < 1.29 is 14.3 Å². The minimum Gasteiger partial charge on any atom is -0.466 e. The van der Waals surface area contributed by atoms with Gasteiger partial charge in [-0.2, -0.15) is 0 Å². The van der Waals surface area contributed by atoms with E-state index in [0.717, 1.165) is 18.4 Å². The molecule has 3 rings (SSSR count). The number of amides is 2. The Hall–Kier alpha value is -2.04. The highest BCUT2D eigenvalue weighted by molar-refractivity contribution is 6.15. The van der Waals surface area contributed by atoms with Crippen LogP contribution in [0.1, 0.15) is 25.3 Å². The van der Waals surface area contributed by atoms with Crippen LogP contribution in [-0.4, -0.2) is 24.0 Å². The predicted molar refractivity (Wildman–Crippen MR) is 74.6 cm³/mol. The molecule has 1 atom stereocenters. The molecule has 5 nitrogen and oxygen atoms in total. The van der Waals surface area contributed by atoms with Crippen LogP contribution in [0.25, 0.3) is 0 Å². The molecule has 1 saturated carbocycles. The first kappa shape index (κ1) is 13.0. The lowest BCUT2D eigenvalue weighted by Gasteiger charge is -2.33. The SMILES string of the molecule is Cc1ccc2c(c1)NC(=O)C(C)(C(=O)NCC1CC1)O2. The Balaban J connectivity index is 1.80. The zero-order chi connectivity index (χ0) is 14.3. The van der Waals surface area contributed by atoms with Crippen molar-refractivity contribution in [2.75, 3.05) is 11.9 Å². The summed E-state index contributed by atoms with van der Waals surface area (Å²) >= 11 is 0. The van der Waals surface area contributed by atoms with Gasteiger partial charge in [0, 0.05) is 6.54 Å². The molecule has 2 amide bonds. The van der Waals surface area contributed by atoms with E-state index in [0.29, 0.717) is 23.9 Å². The lowest BCUT2D eigenvalue weighted by atomic mass is 10.0. The molecular weight excluding hydrogens is 256 g/mol. The number of hydrogen-bond donors (Lipinski definition) is 2. The van der Waals surface area contributed by atoms with Crippen LogP contribution in [0, 0.1) is 12.8 Å². The summed E-state index contributed by atoms with van der Waals surface area (Å²) in [5, 5.41) is 5.55. The number of nitrogens with one attached hydrogen (secondary N) is 2. The molecule has 106 valence electrons. The summed E-state index contributed by atoms with van der Waals surface area (Å²) in [6.45, 7) is 4.06. The zero-order valence-electron chi connectivity index (χ0n) is 11.7. The molecule has 1 aromatic carbocycles. The maximum absolute atomic E-state index is 12.2. The van der Waals surface area contributed by atoms with E-state index in [4.69, 9.17) is 4.74 Å². The van der Waals surface area contributed by atoms with Crippen molar-refractivity contribution >= 4 is 17.5 Å². The number of carbonyl (C=O) groups is 2. The Morgan fingerprint density at radius 3 is 2.95 bits per heavy atom. The number of hydrogen-bond acceptors (Lipinski definition) is 3. The highest BCUT2D eigenvalue weighted by atomic mass is 16.5. The maximum atomic E-state index is 12.2. The second kappa shape index (κ2) is 4.51. The molecule has 0 spiro atoms. The Kier molecular flexibility index (Phi) is 2.92. The standard InChI is InChI=1S/C15H18N2O3/c1-9-3-6-12-11(7-9)17-14(19)15(2,20-12)13(18)16-8-10-4-5-10/h3,6-7,10H,4-5,8H2,1-2H3,(H,16,18)(H,17,19). The van der Waals surface area contributed by atoms with Crippen LogP contribution in [0.15, 0.2) is 18.2 Å². The first-order valence-electron chi connectivity index (χ1n) is 6.88. The summed E-state index contributed by atoms with van der Waals surface area (Å²) in [4.78, 5) is 24.4. The maximum Gasteiger partial charge on any atom is 0.278 e. The van der Waals surface area contributed by atoms with Gasteiger partial charge < -0.3 is 15.4 Å². The van der Waals surface area contributed by atoms with Crippen LogP contribution in [0.2, 0.25) is 0 Å². The molecule has 0 saturated heterocycles. The third kappa shape index (κ3) is 2.24. The van der Waals surface area contributed by atoms with Crippen LogP contribution >= 0.6 is 0 Å². The lowest BCUT2D eigenvalue weighted by molar-refractivity contribution is -0.146. The van der Waals surface area contributed by atoms with E-state index in [2.05, 4.69) is 10.6 Å². The molecule has 20 heavy (non-hydrogen) atoms. The average molecular weight is 274 g/mol. The Labute approximate surface area is 117 Å². The summed E-state index contributed by atoms with van der Waals surface area (Å²) in [7, 11) is 0. The smallest absolute Gasteiger partial charge is 0.278 e. The van der Waals surface area contributed by atoms with Crippen molar-refractivity contribution in [2.24, 2.45) is 5.92 Å². The van der Waals surface area contributed by atoms with Crippen molar-refractivity contribution in [1.29, 1.82) is 0 Å². The molecule has 0 bridgehead atoms. The summed E-state index contributed by atoms with van der Waals surface area (Å²) in [5.41, 5.74) is 0.133. The monoisotopic (exact) mass is 274 g/mol. The van der Waals surface area contributed by atoms with Crippen LogP contribution in [0.4, 0.5) is 5.69 Å². The Morgan fingerprint density at radius 1 is 1.50 bits per heavy atom. The van der Waals surface area contributed by atoms with Gasteiger partial charge in [0.25, 0.3) is 17.4 Å². The average Bonchev–Trinajstić information content (AvgIpc) is 3.22. The summed E-state index contributed by atoms with van der Waals surface area (Å²) in [6, 6.07) is 5.49. The highest BCUT2D eigenvalue weighted by Gasteiger charge is 2.47. The van der Waals surface area contributed by atoms with Crippen LogP contribution < -0.4 is 15.4 Å². The number of ether oxygens (including phenoxy) is 1. The fourth-order valence-electron chi connectivity index (χ4n) is 2.22. The summed E-state index contributed by atoms with van der Waals surface area (Å²) in [6.07, 6.45) is 2.29. The van der Waals surface area contributed by atoms with E-state index >= 15 is 0 Å². The minimum atomic E-state index is -1.50. The predicted octanol–water partition coefficient (Wildman–Crippen LogP) is 1.61.